The van der Waals surface area contributed by atoms with Crippen molar-refractivity contribution in [2.45, 2.75) is 37.8 Å². The lowest BCUT2D eigenvalue weighted by Crippen LogP contribution is -2.38. The molecule has 0 atom stereocenters. The number of amides is 1. The van der Waals surface area contributed by atoms with Gasteiger partial charge in [0.2, 0.25) is 0 Å². The van der Waals surface area contributed by atoms with Gasteiger partial charge in [0.05, 0.1) is 17.9 Å². The van der Waals surface area contributed by atoms with Gasteiger partial charge in [0.15, 0.2) is 0 Å². The van der Waals surface area contributed by atoms with E-state index in [0.29, 0.717) is 18.7 Å². The second kappa shape index (κ2) is 5.97. The number of halogens is 1. The van der Waals surface area contributed by atoms with E-state index in [4.69, 9.17) is 0 Å². The quantitative estimate of drug-likeness (QED) is 0.771. The molecule has 1 saturated carbocycles. The van der Waals surface area contributed by atoms with Gasteiger partial charge in [-0.3, -0.25) is 4.79 Å². The van der Waals surface area contributed by atoms with E-state index in [2.05, 4.69) is 15.6 Å². The molecule has 0 saturated heterocycles. The van der Waals surface area contributed by atoms with E-state index >= 15 is 0 Å². The number of pyridine rings is 1. The Morgan fingerprint density at radius 3 is 2.74 bits per heavy atom. The Morgan fingerprint density at radius 1 is 1.42 bits per heavy atom. The third kappa shape index (κ3) is 3.41. The van der Waals surface area contributed by atoms with Gasteiger partial charge in [0, 0.05) is 13.1 Å². The maximum atomic E-state index is 13.2. The summed E-state index contributed by atoms with van der Waals surface area (Å²) >= 11 is 0. The molecule has 2 rings (SSSR count). The predicted molar refractivity (Wildman–Crippen MR) is 69.5 cm³/mol. The molecule has 0 unspecified atom stereocenters. The molecule has 19 heavy (non-hydrogen) atoms. The average molecular weight is 267 g/mol. The molecular weight excluding hydrogens is 249 g/mol. The van der Waals surface area contributed by atoms with Gasteiger partial charge in [-0.25, -0.2) is 9.37 Å². The highest BCUT2D eigenvalue weighted by molar-refractivity contribution is 5.98. The van der Waals surface area contributed by atoms with Crippen molar-refractivity contribution in [1.29, 1.82) is 0 Å². The van der Waals surface area contributed by atoms with Gasteiger partial charge in [0.1, 0.15) is 11.6 Å². The lowest BCUT2D eigenvalue weighted by atomic mass is 9.93. The molecule has 0 bridgehead atoms. The van der Waals surface area contributed by atoms with Crippen LogP contribution in [0, 0.1) is 5.82 Å². The number of nitrogens with one attached hydrogen (secondary N) is 2. The Morgan fingerprint density at radius 2 is 2.11 bits per heavy atom. The number of carbonyl (C=O) groups excluding carboxylic acids is 1. The van der Waals surface area contributed by atoms with E-state index in [9.17, 15) is 14.3 Å². The summed E-state index contributed by atoms with van der Waals surface area (Å²) in [5, 5.41) is 15.0. The van der Waals surface area contributed by atoms with Crippen LogP contribution in [-0.2, 0) is 0 Å². The topological polar surface area (TPSA) is 74.2 Å². The van der Waals surface area contributed by atoms with Crippen molar-refractivity contribution in [2.24, 2.45) is 0 Å². The minimum atomic E-state index is -0.539. The molecule has 0 aliphatic heterocycles. The fourth-order valence-corrected chi connectivity index (χ4v) is 2.29. The van der Waals surface area contributed by atoms with E-state index in [-0.39, 0.29) is 23.6 Å². The number of rotatable bonds is 3. The zero-order valence-electron chi connectivity index (χ0n) is 10.8. The highest BCUT2D eigenvalue weighted by atomic mass is 19.1. The maximum absolute atomic E-state index is 13.2. The summed E-state index contributed by atoms with van der Waals surface area (Å²) in [6.07, 6.45) is 3.65. The largest absolute Gasteiger partial charge is 0.393 e. The zero-order valence-corrected chi connectivity index (χ0v) is 10.8. The number of carbonyl (C=O) groups is 1. The minimum absolute atomic E-state index is 0.0314. The van der Waals surface area contributed by atoms with Crippen LogP contribution in [0.4, 0.5) is 10.2 Å². The van der Waals surface area contributed by atoms with Crippen molar-refractivity contribution in [3.05, 3.63) is 23.6 Å². The molecule has 0 spiro atoms. The van der Waals surface area contributed by atoms with E-state index in [1.54, 1.807) is 7.05 Å². The van der Waals surface area contributed by atoms with Crippen molar-refractivity contribution in [1.82, 2.24) is 10.3 Å². The van der Waals surface area contributed by atoms with Crippen LogP contribution in [0.5, 0.6) is 0 Å². The standard InChI is InChI=1S/C13H18FN3O2/c1-15-12-11(6-8(14)7-16-12)13(19)17-9-2-4-10(18)5-3-9/h6-7,9-10,18H,2-5H2,1H3,(H,15,16)(H,17,19). The molecule has 1 fully saturated rings. The molecule has 5 nitrogen and oxygen atoms in total. The van der Waals surface area contributed by atoms with E-state index in [0.717, 1.165) is 19.0 Å². The molecule has 0 aromatic carbocycles. The van der Waals surface area contributed by atoms with Crippen LogP contribution in [0.25, 0.3) is 0 Å². The normalized spacial score (nSPS) is 22.9. The van der Waals surface area contributed by atoms with Crippen LogP contribution in [0.3, 0.4) is 0 Å². The van der Waals surface area contributed by atoms with Crippen molar-refractivity contribution >= 4 is 11.7 Å². The molecule has 1 aromatic heterocycles. The zero-order chi connectivity index (χ0) is 13.8. The molecule has 1 aliphatic rings. The molecule has 6 heteroatoms. The molecule has 1 amide bonds. The van der Waals surface area contributed by atoms with Gasteiger partial charge in [-0.2, -0.15) is 0 Å². The van der Waals surface area contributed by atoms with Crippen LogP contribution in [0.15, 0.2) is 12.3 Å². The first-order valence-corrected chi connectivity index (χ1v) is 6.42. The summed E-state index contributed by atoms with van der Waals surface area (Å²) in [6, 6.07) is 1.20. The number of aliphatic hydroxyl groups is 1. The second-order valence-electron chi connectivity index (χ2n) is 4.78. The highest BCUT2D eigenvalue weighted by Gasteiger charge is 2.22. The lowest BCUT2D eigenvalue weighted by molar-refractivity contribution is 0.0867. The first-order valence-electron chi connectivity index (χ1n) is 6.42. The van der Waals surface area contributed by atoms with Crippen LogP contribution >= 0.6 is 0 Å². The van der Waals surface area contributed by atoms with Crippen molar-refractivity contribution in [3.63, 3.8) is 0 Å². The molecule has 1 heterocycles. The number of aromatic nitrogens is 1. The summed E-state index contributed by atoms with van der Waals surface area (Å²) in [4.78, 5) is 15.9. The number of nitrogens with zero attached hydrogens (tertiary/aromatic N) is 1. The summed E-state index contributed by atoms with van der Waals surface area (Å²) in [5.74, 6) is -0.518. The summed E-state index contributed by atoms with van der Waals surface area (Å²) < 4.78 is 13.2. The number of aliphatic hydroxyl groups excluding tert-OH is 1. The Hall–Kier alpha value is -1.69. The summed E-state index contributed by atoms with van der Waals surface area (Å²) in [7, 11) is 1.63. The number of hydrogen-bond donors (Lipinski definition) is 3. The smallest absolute Gasteiger partial charge is 0.255 e. The van der Waals surface area contributed by atoms with Crippen LogP contribution in [-0.4, -0.2) is 35.2 Å². The van der Waals surface area contributed by atoms with Crippen molar-refractivity contribution in [2.75, 3.05) is 12.4 Å². The Labute approximate surface area is 111 Å². The fourth-order valence-electron chi connectivity index (χ4n) is 2.29. The molecule has 0 radical (unpaired) electrons. The molecule has 1 aliphatic carbocycles. The van der Waals surface area contributed by atoms with Gasteiger partial charge in [-0.15, -0.1) is 0 Å². The lowest BCUT2D eigenvalue weighted by Gasteiger charge is -2.26. The first kappa shape index (κ1) is 13.7. The third-order valence-electron chi connectivity index (χ3n) is 3.37. The Balaban J connectivity index is 2.05. The van der Waals surface area contributed by atoms with E-state index in [1.807, 2.05) is 0 Å². The number of hydrogen-bond acceptors (Lipinski definition) is 4. The molecule has 3 N–H and O–H groups in total. The Kier molecular flexibility index (Phi) is 4.31. The van der Waals surface area contributed by atoms with Gasteiger partial charge >= 0.3 is 0 Å². The molecule has 104 valence electrons. The van der Waals surface area contributed by atoms with E-state index < -0.39 is 5.82 Å². The summed E-state index contributed by atoms with van der Waals surface area (Å²) in [6.45, 7) is 0. The summed E-state index contributed by atoms with van der Waals surface area (Å²) in [5.41, 5.74) is 0.202. The minimum Gasteiger partial charge on any atom is -0.393 e. The van der Waals surface area contributed by atoms with Gasteiger partial charge in [-0.05, 0) is 31.7 Å². The molecule has 1 aromatic rings. The van der Waals surface area contributed by atoms with Crippen molar-refractivity contribution in [3.8, 4) is 0 Å². The highest BCUT2D eigenvalue weighted by Crippen LogP contribution is 2.20. The Bertz CT molecular complexity index is 459. The fraction of sp³-hybridized carbons (Fsp3) is 0.538. The van der Waals surface area contributed by atoms with E-state index in [1.165, 1.54) is 6.07 Å². The monoisotopic (exact) mass is 267 g/mol. The van der Waals surface area contributed by atoms with Crippen molar-refractivity contribution < 1.29 is 14.3 Å². The van der Waals surface area contributed by atoms with Gasteiger partial charge in [-0.1, -0.05) is 0 Å². The van der Waals surface area contributed by atoms with Crippen LogP contribution in [0.2, 0.25) is 0 Å². The second-order valence-corrected chi connectivity index (χ2v) is 4.78. The van der Waals surface area contributed by atoms with Gasteiger partial charge in [0.25, 0.3) is 5.91 Å². The van der Waals surface area contributed by atoms with Crippen LogP contribution in [0.1, 0.15) is 36.0 Å². The SMILES string of the molecule is CNc1ncc(F)cc1C(=O)NC1CCC(O)CC1. The first-order chi connectivity index (χ1) is 9.10. The predicted octanol–water partition coefficient (Wildman–Crippen LogP) is 1.30. The molecular formula is C13H18FN3O2. The van der Waals surface area contributed by atoms with Gasteiger partial charge < -0.3 is 15.7 Å². The number of anilines is 1. The average Bonchev–Trinajstić information content (AvgIpc) is 2.41. The maximum Gasteiger partial charge on any atom is 0.255 e. The van der Waals surface area contributed by atoms with Crippen LogP contribution < -0.4 is 10.6 Å². The third-order valence-corrected chi connectivity index (χ3v) is 3.37.